The van der Waals surface area contributed by atoms with Gasteiger partial charge in [0.1, 0.15) is 5.75 Å². The molecule has 3 N–H and O–H groups in total. The maximum Gasteiger partial charge on any atom is 0.218 e. The van der Waals surface area contributed by atoms with Crippen LogP contribution in [0.2, 0.25) is 0 Å². The van der Waals surface area contributed by atoms with Crippen molar-refractivity contribution in [2.24, 2.45) is 11.1 Å². The van der Waals surface area contributed by atoms with Gasteiger partial charge < -0.3 is 10.6 Å². The maximum absolute atomic E-state index is 11.6. The molecule has 0 aromatic rings. The first-order valence-electron chi connectivity index (χ1n) is 5.67. The Morgan fingerprint density at radius 3 is 2.47 bits per heavy atom. The van der Waals surface area contributed by atoms with E-state index < -0.39 is 10.0 Å². The van der Waals surface area contributed by atoms with Crippen molar-refractivity contribution in [2.75, 3.05) is 32.4 Å². The van der Waals surface area contributed by atoms with E-state index in [0.717, 1.165) is 25.9 Å². The molecule has 1 saturated heterocycles. The normalized spacial score (nSPS) is 21.3. The van der Waals surface area contributed by atoms with E-state index in [-0.39, 0.29) is 16.2 Å². The van der Waals surface area contributed by atoms with E-state index in [1.165, 1.54) is 0 Å². The van der Waals surface area contributed by atoms with E-state index in [2.05, 4.69) is 35.8 Å². The third-order valence-electron chi connectivity index (χ3n) is 3.25. The van der Waals surface area contributed by atoms with Gasteiger partial charge in [-0.2, -0.15) is 0 Å². The molecule has 7 heteroatoms. The molecular weight excluding hydrogens is 258 g/mol. The van der Waals surface area contributed by atoms with E-state index in [9.17, 15) is 8.42 Å². The van der Waals surface area contributed by atoms with Crippen LogP contribution in [0, 0.1) is 5.41 Å². The standard InChI is InChI=1S/C10H21N3O2S2/c1-10(3-5-13(2)6-4-10)8-12-17(14,15)7-9(11)16/h12H,3-8H2,1-2H3,(H2,11,16). The molecular formula is C10H21N3O2S2. The molecule has 0 aromatic heterocycles. The second kappa shape index (κ2) is 5.60. The summed E-state index contributed by atoms with van der Waals surface area (Å²) >= 11 is 4.61. The lowest BCUT2D eigenvalue weighted by Gasteiger charge is -2.37. The summed E-state index contributed by atoms with van der Waals surface area (Å²) < 4.78 is 25.8. The predicted molar refractivity (Wildman–Crippen MR) is 73.4 cm³/mol. The quantitative estimate of drug-likeness (QED) is 0.689. The zero-order valence-corrected chi connectivity index (χ0v) is 12.0. The highest BCUT2D eigenvalue weighted by Crippen LogP contribution is 2.29. The summed E-state index contributed by atoms with van der Waals surface area (Å²) in [4.78, 5) is 2.26. The van der Waals surface area contributed by atoms with Gasteiger partial charge in [-0.3, -0.25) is 0 Å². The summed E-state index contributed by atoms with van der Waals surface area (Å²) in [6.45, 7) is 4.59. The lowest BCUT2D eigenvalue weighted by molar-refractivity contribution is 0.143. The molecule has 1 heterocycles. The second-order valence-corrected chi connectivity index (χ2v) is 7.49. The van der Waals surface area contributed by atoms with Crippen LogP contribution in [0.1, 0.15) is 19.8 Å². The Balaban J connectivity index is 2.47. The van der Waals surface area contributed by atoms with Gasteiger partial charge in [-0.25, -0.2) is 13.1 Å². The van der Waals surface area contributed by atoms with Gasteiger partial charge in [0, 0.05) is 6.54 Å². The van der Waals surface area contributed by atoms with Crippen LogP contribution in [0.4, 0.5) is 0 Å². The van der Waals surface area contributed by atoms with Gasteiger partial charge in [0.15, 0.2) is 0 Å². The van der Waals surface area contributed by atoms with Gasteiger partial charge in [0.05, 0.1) is 4.99 Å². The highest BCUT2D eigenvalue weighted by molar-refractivity contribution is 7.92. The molecule has 17 heavy (non-hydrogen) atoms. The van der Waals surface area contributed by atoms with Crippen molar-refractivity contribution < 1.29 is 8.42 Å². The van der Waals surface area contributed by atoms with E-state index in [0.29, 0.717) is 6.54 Å². The number of nitrogens with one attached hydrogen (secondary N) is 1. The average molecular weight is 279 g/mol. The smallest absolute Gasteiger partial charge is 0.218 e. The number of thiocarbonyl (C=S) groups is 1. The van der Waals surface area contributed by atoms with Gasteiger partial charge in [-0.1, -0.05) is 19.1 Å². The molecule has 1 rings (SSSR count). The molecule has 0 aromatic carbocycles. The molecule has 1 aliphatic heterocycles. The second-order valence-electron chi connectivity index (χ2n) is 5.16. The van der Waals surface area contributed by atoms with Crippen molar-refractivity contribution in [3.63, 3.8) is 0 Å². The Morgan fingerprint density at radius 2 is 2.00 bits per heavy atom. The number of sulfonamides is 1. The van der Waals surface area contributed by atoms with Gasteiger partial charge in [0.2, 0.25) is 10.0 Å². The number of nitrogens with two attached hydrogens (primary N) is 1. The first kappa shape index (κ1) is 14.8. The monoisotopic (exact) mass is 279 g/mol. The summed E-state index contributed by atoms with van der Waals surface area (Å²) in [6, 6.07) is 0. The summed E-state index contributed by atoms with van der Waals surface area (Å²) in [6.07, 6.45) is 2.00. The van der Waals surface area contributed by atoms with Crippen LogP contribution in [0.3, 0.4) is 0 Å². The van der Waals surface area contributed by atoms with Crippen molar-refractivity contribution in [2.45, 2.75) is 19.8 Å². The Morgan fingerprint density at radius 1 is 1.47 bits per heavy atom. The van der Waals surface area contributed by atoms with Crippen molar-refractivity contribution >= 4 is 27.2 Å². The zero-order valence-electron chi connectivity index (χ0n) is 10.4. The van der Waals surface area contributed by atoms with E-state index in [1.54, 1.807) is 0 Å². The van der Waals surface area contributed by atoms with Gasteiger partial charge >= 0.3 is 0 Å². The average Bonchev–Trinajstić information content (AvgIpc) is 2.19. The predicted octanol–water partition coefficient (Wildman–Crippen LogP) is -0.0762. The molecule has 0 unspecified atom stereocenters. The van der Waals surface area contributed by atoms with Crippen molar-refractivity contribution in [1.29, 1.82) is 0 Å². The Labute approximate surface area is 109 Å². The summed E-state index contributed by atoms with van der Waals surface area (Å²) in [7, 11) is -1.28. The number of likely N-dealkylation sites (tertiary alicyclic amines) is 1. The van der Waals surface area contributed by atoms with E-state index in [1.807, 2.05) is 0 Å². The lowest BCUT2D eigenvalue weighted by atomic mass is 9.81. The Kier molecular flexibility index (Phi) is 4.88. The molecule has 0 radical (unpaired) electrons. The number of rotatable bonds is 5. The molecule has 0 spiro atoms. The summed E-state index contributed by atoms with van der Waals surface area (Å²) in [5.74, 6) is -0.266. The molecule has 0 atom stereocenters. The topological polar surface area (TPSA) is 75.4 Å². The van der Waals surface area contributed by atoms with Crippen LogP contribution >= 0.6 is 12.2 Å². The van der Waals surface area contributed by atoms with Crippen molar-refractivity contribution in [3.05, 3.63) is 0 Å². The van der Waals surface area contributed by atoms with Crippen LogP contribution in [0.25, 0.3) is 0 Å². The molecule has 0 amide bonds. The van der Waals surface area contributed by atoms with Crippen LogP contribution in [-0.2, 0) is 10.0 Å². The number of hydrogen-bond acceptors (Lipinski definition) is 4. The fraction of sp³-hybridized carbons (Fsp3) is 0.900. The molecule has 0 saturated carbocycles. The van der Waals surface area contributed by atoms with E-state index in [4.69, 9.17) is 5.73 Å². The third-order valence-corrected chi connectivity index (χ3v) is 4.85. The van der Waals surface area contributed by atoms with Crippen LogP contribution in [0.15, 0.2) is 0 Å². The lowest BCUT2D eigenvalue weighted by Crippen LogP contribution is -2.44. The van der Waals surface area contributed by atoms with Crippen molar-refractivity contribution in [3.8, 4) is 0 Å². The largest absolute Gasteiger partial charge is 0.392 e. The first-order chi connectivity index (χ1) is 7.72. The molecule has 1 fully saturated rings. The zero-order chi connectivity index (χ0) is 13.1. The van der Waals surface area contributed by atoms with E-state index >= 15 is 0 Å². The third kappa shape index (κ3) is 5.29. The molecule has 1 aliphatic rings. The van der Waals surface area contributed by atoms with Gasteiger partial charge in [0.25, 0.3) is 0 Å². The maximum atomic E-state index is 11.6. The fourth-order valence-corrected chi connectivity index (χ4v) is 3.37. The minimum atomic E-state index is -3.36. The molecule has 5 nitrogen and oxygen atoms in total. The van der Waals surface area contributed by atoms with Crippen LogP contribution < -0.4 is 10.5 Å². The Hall–Kier alpha value is -0.240. The van der Waals surface area contributed by atoms with Crippen LogP contribution in [0.5, 0.6) is 0 Å². The van der Waals surface area contributed by atoms with Crippen LogP contribution in [-0.4, -0.2) is 50.7 Å². The Bertz CT molecular complexity index is 373. The number of hydrogen-bond donors (Lipinski definition) is 2. The summed E-state index contributed by atoms with van der Waals surface area (Å²) in [5.41, 5.74) is 5.28. The molecule has 0 aliphatic carbocycles. The fourth-order valence-electron chi connectivity index (χ4n) is 1.86. The summed E-state index contributed by atoms with van der Waals surface area (Å²) in [5, 5.41) is 0. The van der Waals surface area contributed by atoms with Gasteiger partial charge in [-0.05, 0) is 38.4 Å². The van der Waals surface area contributed by atoms with Crippen molar-refractivity contribution in [1.82, 2.24) is 9.62 Å². The molecule has 0 bridgehead atoms. The van der Waals surface area contributed by atoms with Gasteiger partial charge in [-0.15, -0.1) is 0 Å². The minimum absolute atomic E-state index is 0.00558. The SMILES string of the molecule is CN1CCC(C)(CNS(=O)(=O)CC(N)=S)CC1. The highest BCUT2D eigenvalue weighted by atomic mass is 32.2. The highest BCUT2D eigenvalue weighted by Gasteiger charge is 2.30. The number of piperidine rings is 1. The number of nitrogens with zero attached hydrogens (tertiary/aromatic N) is 1. The molecule has 100 valence electrons. The first-order valence-corrected chi connectivity index (χ1v) is 7.73. The minimum Gasteiger partial charge on any atom is -0.392 e.